The van der Waals surface area contributed by atoms with E-state index in [0.717, 1.165) is 18.4 Å². The van der Waals surface area contributed by atoms with Gasteiger partial charge in [-0.1, -0.05) is 69.8 Å². The van der Waals surface area contributed by atoms with Gasteiger partial charge in [0.2, 0.25) is 0 Å². The molecule has 0 aromatic heterocycles. The van der Waals surface area contributed by atoms with Crippen LogP contribution in [0.4, 0.5) is 0 Å². The molecule has 1 nitrogen and oxygen atoms in total. The van der Waals surface area contributed by atoms with Crippen LogP contribution in [0.2, 0.25) is 0 Å². The molecule has 130 valence electrons. The van der Waals surface area contributed by atoms with Crippen LogP contribution in [0.5, 0.6) is 0 Å². The average molecular weight is 316 g/mol. The first-order valence-electron chi connectivity index (χ1n) is 9.72. The maximum absolute atomic E-state index is 7.65. The van der Waals surface area contributed by atoms with Gasteiger partial charge in [-0.15, -0.1) is 0 Å². The number of unbranched alkanes of at least 4 members (excludes halogenated alkanes) is 5. The van der Waals surface area contributed by atoms with E-state index in [4.69, 9.17) is 5.41 Å². The van der Waals surface area contributed by atoms with E-state index in [1.54, 1.807) is 16.7 Å². The highest BCUT2D eigenvalue weighted by Gasteiger charge is 2.12. The monoisotopic (exact) mass is 315 g/mol. The molecule has 23 heavy (non-hydrogen) atoms. The molecule has 1 N–H and O–H groups in total. The lowest BCUT2D eigenvalue weighted by atomic mass is 9.86. The van der Waals surface area contributed by atoms with Gasteiger partial charge in [-0.2, -0.15) is 0 Å². The van der Waals surface area contributed by atoms with Gasteiger partial charge in [0.15, 0.2) is 0 Å². The molecule has 0 aromatic rings. The summed E-state index contributed by atoms with van der Waals surface area (Å²) in [6.45, 7) is 10.4. The molecule has 1 aliphatic carbocycles. The third-order valence-corrected chi connectivity index (χ3v) is 5.09. The van der Waals surface area contributed by atoms with Crippen molar-refractivity contribution in [2.24, 2.45) is 0 Å². The minimum atomic E-state index is 0.638. The number of nitrogens with one attached hydrogen (secondary N) is 1. The zero-order valence-corrected chi connectivity index (χ0v) is 15.8. The third-order valence-electron chi connectivity index (χ3n) is 5.09. The molecule has 0 atom stereocenters. The van der Waals surface area contributed by atoms with Crippen LogP contribution in [0.15, 0.2) is 34.9 Å². The highest BCUT2D eigenvalue weighted by atomic mass is 14.4. The molecule has 0 spiro atoms. The van der Waals surface area contributed by atoms with Crippen molar-refractivity contribution >= 4 is 5.71 Å². The van der Waals surface area contributed by atoms with Crippen molar-refractivity contribution in [3.05, 3.63) is 34.9 Å². The zero-order valence-electron chi connectivity index (χ0n) is 15.8. The lowest BCUT2D eigenvalue weighted by molar-refractivity contribution is 0.604. The highest BCUT2D eigenvalue weighted by molar-refractivity contribution is 5.94. The lowest BCUT2D eigenvalue weighted by Gasteiger charge is -2.20. The molecular weight excluding hydrogens is 278 g/mol. The van der Waals surface area contributed by atoms with E-state index in [0.29, 0.717) is 5.71 Å². The summed E-state index contributed by atoms with van der Waals surface area (Å²) in [5.74, 6) is 0. The maximum Gasteiger partial charge on any atom is 0.0309 e. The third kappa shape index (κ3) is 7.81. The molecule has 0 amide bonds. The average Bonchev–Trinajstić information content (AvgIpc) is 2.55. The molecule has 0 unspecified atom stereocenters. The Labute approximate surface area is 144 Å². The van der Waals surface area contributed by atoms with E-state index in [9.17, 15) is 0 Å². The maximum atomic E-state index is 7.65. The minimum absolute atomic E-state index is 0.638. The molecule has 0 saturated carbocycles. The summed E-state index contributed by atoms with van der Waals surface area (Å²) in [4.78, 5) is 0. The smallest absolute Gasteiger partial charge is 0.0309 e. The largest absolute Gasteiger partial charge is 0.305 e. The van der Waals surface area contributed by atoms with Crippen LogP contribution >= 0.6 is 0 Å². The molecule has 0 aliphatic heterocycles. The number of hydrogen-bond donors (Lipinski definition) is 1. The summed E-state index contributed by atoms with van der Waals surface area (Å²) in [7, 11) is 0. The van der Waals surface area contributed by atoms with E-state index in [-0.39, 0.29) is 0 Å². The zero-order chi connectivity index (χ0) is 17.1. The van der Waals surface area contributed by atoms with Gasteiger partial charge in [0.25, 0.3) is 0 Å². The van der Waals surface area contributed by atoms with Crippen molar-refractivity contribution < 1.29 is 0 Å². The number of allylic oxidation sites excluding steroid dienone is 5. The summed E-state index contributed by atoms with van der Waals surface area (Å²) < 4.78 is 0. The van der Waals surface area contributed by atoms with E-state index < -0.39 is 0 Å². The molecule has 1 heteroatoms. The molecular formula is C22H37N. The van der Waals surface area contributed by atoms with Crippen molar-refractivity contribution in [3.8, 4) is 0 Å². The fourth-order valence-corrected chi connectivity index (χ4v) is 3.34. The van der Waals surface area contributed by atoms with Crippen LogP contribution in [0.1, 0.15) is 97.8 Å². The quantitative estimate of drug-likeness (QED) is 0.284. The van der Waals surface area contributed by atoms with Crippen LogP contribution in [0, 0.1) is 5.41 Å². The van der Waals surface area contributed by atoms with Crippen molar-refractivity contribution in [3.63, 3.8) is 0 Å². The predicted molar refractivity (Wildman–Crippen MR) is 104 cm³/mol. The summed E-state index contributed by atoms with van der Waals surface area (Å²) in [6.07, 6.45) is 17.7. The summed E-state index contributed by atoms with van der Waals surface area (Å²) in [5, 5.41) is 7.65. The lowest BCUT2D eigenvalue weighted by Crippen LogP contribution is -2.02. The van der Waals surface area contributed by atoms with Gasteiger partial charge in [0, 0.05) is 5.71 Å². The Hall–Kier alpha value is -1.11. The van der Waals surface area contributed by atoms with Crippen LogP contribution in [-0.2, 0) is 0 Å². The standard InChI is InChI=1S/C22H37N/c1-5-7-8-9-10-11-12-22-17-20(15-16-21(22)6-2)14-13-18(3)19(4)23/h17,23H,3,5-16H2,1-2,4H3. The topological polar surface area (TPSA) is 23.9 Å². The molecule has 0 fully saturated rings. The molecule has 0 aromatic carbocycles. The van der Waals surface area contributed by atoms with Crippen molar-refractivity contribution in [1.82, 2.24) is 0 Å². The van der Waals surface area contributed by atoms with Crippen molar-refractivity contribution in [2.75, 3.05) is 0 Å². The molecule has 1 aliphatic rings. The van der Waals surface area contributed by atoms with Gasteiger partial charge in [0.1, 0.15) is 0 Å². The summed E-state index contributed by atoms with van der Waals surface area (Å²) >= 11 is 0. The van der Waals surface area contributed by atoms with E-state index in [1.165, 1.54) is 64.2 Å². The molecule has 0 bridgehead atoms. The Balaban J connectivity index is 2.47. The molecule has 0 saturated heterocycles. The number of rotatable bonds is 12. The Bertz CT molecular complexity index is 451. The molecule has 0 heterocycles. The number of hydrogen-bond acceptors (Lipinski definition) is 1. The van der Waals surface area contributed by atoms with E-state index in [2.05, 4.69) is 26.5 Å². The first kappa shape index (κ1) is 19.9. The molecule has 0 radical (unpaired) electrons. The van der Waals surface area contributed by atoms with Gasteiger partial charge in [-0.05, 0) is 63.0 Å². The van der Waals surface area contributed by atoms with Crippen LogP contribution < -0.4 is 0 Å². The normalized spacial score (nSPS) is 14.8. The van der Waals surface area contributed by atoms with Gasteiger partial charge in [-0.3, -0.25) is 0 Å². The second-order valence-corrected chi connectivity index (χ2v) is 7.03. The predicted octanol–water partition coefficient (Wildman–Crippen LogP) is 7.54. The van der Waals surface area contributed by atoms with E-state index in [1.807, 2.05) is 6.92 Å². The van der Waals surface area contributed by atoms with Gasteiger partial charge < -0.3 is 5.41 Å². The Morgan fingerprint density at radius 3 is 2.39 bits per heavy atom. The fourth-order valence-electron chi connectivity index (χ4n) is 3.34. The second kappa shape index (κ2) is 11.4. The Kier molecular flexibility index (Phi) is 9.91. The highest BCUT2D eigenvalue weighted by Crippen LogP contribution is 2.31. The molecule has 1 rings (SSSR count). The van der Waals surface area contributed by atoms with E-state index >= 15 is 0 Å². The SMILES string of the molecule is C=C(CCC1=CC(CCCCCCCC)=C(CC)CC1)C(C)=N. The first-order valence-corrected chi connectivity index (χ1v) is 9.72. The minimum Gasteiger partial charge on any atom is -0.305 e. The van der Waals surface area contributed by atoms with Crippen LogP contribution in [0.25, 0.3) is 0 Å². The van der Waals surface area contributed by atoms with Crippen molar-refractivity contribution in [2.45, 2.75) is 97.8 Å². The Morgan fingerprint density at radius 2 is 1.74 bits per heavy atom. The fraction of sp³-hybridized carbons (Fsp3) is 0.682. The first-order chi connectivity index (χ1) is 11.1. The Morgan fingerprint density at radius 1 is 1.04 bits per heavy atom. The van der Waals surface area contributed by atoms with Crippen LogP contribution in [-0.4, -0.2) is 5.71 Å². The van der Waals surface area contributed by atoms with Gasteiger partial charge in [-0.25, -0.2) is 0 Å². The van der Waals surface area contributed by atoms with Gasteiger partial charge in [0.05, 0.1) is 0 Å². The summed E-state index contributed by atoms with van der Waals surface area (Å²) in [5.41, 5.74) is 6.52. The van der Waals surface area contributed by atoms with Crippen LogP contribution in [0.3, 0.4) is 0 Å². The van der Waals surface area contributed by atoms with Crippen molar-refractivity contribution in [1.29, 1.82) is 5.41 Å². The van der Waals surface area contributed by atoms with Gasteiger partial charge >= 0.3 is 0 Å². The second-order valence-electron chi connectivity index (χ2n) is 7.03. The summed E-state index contributed by atoms with van der Waals surface area (Å²) in [6, 6.07) is 0.